The highest BCUT2D eigenvalue weighted by Crippen LogP contribution is 2.27. The van der Waals surface area contributed by atoms with Crippen LogP contribution in [-0.4, -0.2) is 26.6 Å². The van der Waals surface area contributed by atoms with Crippen molar-refractivity contribution in [1.82, 2.24) is 19.5 Å². The van der Waals surface area contributed by atoms with Crippen molar-refractivity contribution in [2.75, 3.05) is 7.11 Å². The fraction of sp³-hybridized carbons (Fsp3) is 0.150. The van der Waals surface area contributed by atoms with E-state index in [9.17, 15) is 0 Å². The Morgan fingerprint density at radius 3 is 2.52 bits per heavy atom. The van der Waals surface area contributed by atoms with E-state index in [2.05, 4.69) is 25.6 Å². The van der Waals surface area contributed by atoms with Crippen molar-refractivity contribution in [3.05, 3.63) is 70.2 Å². The maximum Gasteiger partial charge on any atom is 0.316 e. The van der Waals surface area contributed by atoms with E-state index in [4.69, 9.17) is 27.9 Å². The topological polar surface area (TPSA) is 52.8 Å². The molecule has 5 nitrogen and oxygen atoms in total. The predicted octanol–water partition coefficient (Wildman–Crippen LogP) is 5.17. The number of aryl methyl sites for hydroxylation is 1. The highest BCUT2D eigenvalue weighted by atomic mass is 35.5. The Bertz CT molecular complexity index is 1120. The van der Waals surface area contributed by atoms with Gasteiger partial charge in [-0.2, -0.15) is 0 Å². The Labute approximate surface area is 166 Å². The lowest BCUT2D eigenvalue weighted by atomic mass is 10.1. The third-order valence-corrected chi connectivity index (χ3v) is 5.02. The number of methoxy groups -OCH3 is 1. The number of aromatic nitrogens is 4. The van der Waals surface area contributed by atoms with Gasteiger partial charge in [-0.3, -0.25) is 0 Å². The summed E-state index contributed by atoms with van der Waals surface area (Å²) in [6, 6.07) is 11.9. The van der Waals surface area contributed by atoms with Crippen molar-refractivity contribution in [3.8, 4) is 17.1 Å². The number of hydrogen-bond acceptors (Lipinski definition) is 4. The van der Waals surface area contributed by atoms with Crippen LogP contribution in [0.1, 0.15) is 11.4 Å². The molecule has 0 N–H and O–H groups in total. The zero-order valence-electron chi connectivity index (χ0n) is 14.8. The van der Waals surface area contributed by atoms with Gasteiger partial charge >= 0.3 is 6.01 Å². The van der Waals surface area contributed by atoms with E-state index in [0.717, 1.165) is 33.5 Å². The average molecular weight is 399 g/mol. The number of rotatable bonds is 4. The van der Waals surface area contributed by atoms with Gasteiger partial charge in [-0.05, 0) is 48.4 Å². The van der Waals surface area contributed by atoms with Gasteiger partial charge in [-0.15, -0.1) is 0 Å². The van der Waals surface area contributed by atoms with Gasteiger partial charge in [0.1, 0.15) is 5.82 Å². The van der Waals surface area contributed by atoms with Crippen LogP contribution in [0.5, 0.6) is 6.01 Å². The molecule has 2 heterocycles. The summed E-state index contributed by atoms with van der Waals surface area (Å²) < 4.78 is 7.15. The minimum atomic E-state index is 0.344. The molecule has 0 radical (unpaired) electrons. The molecular formula is C20H16Cl2N4O. The summed E-state index contributed by atoms with van der Waals surface area (Å²) in [5.74, 6) is 0.907. The van der Waals surface area contributed by atoms with Gasteiger partial charge in [0.05, 0.1) is 24.7 Å². The fourth-order valence-electron chi connectivity index (χ4n) is 3.03. The molecule has 7 heteroatoms. The molecular weight excluding hydrogens is 383 g/mol. The first-order valence-electron chi connectivity index (χ1n) is 8.32. The Hall–Kier alpha value is -2.63. The summed E-state index contributed by atoms with van der Waals surface area (Å²) >= 11 is 12.5. The number of nitrogens with zero attached hydrogens (tertiary/aromatic N) is 4. The Morgan fingerprint density at radius 1 is 1.00 bits per heavy atom. The summed E-state index contributed by atoms with van der Waals surface area (Å²) in [5, 5.41) is 1.34. The van der Waals surface area contributed by atoms with Crippen LogP contribution in [0.3, 0.4) is 0 Å². The molecule has 136 valence electrons. The average Bonchev–Trinajstić information content (AvgIpc) is 2.99. The van der Waals surface area contributed by atoms with Crippen LogP contribution in [-0.2, 0) is 6.54 Å². The van der Waals surface area contributed by atoms with E-state index < -0.39 is 0 Å². The van der Waals surface area contributed by atoms with E-state index in [0.29, 0.717) is 22.6 Å². The molecule has 0 atom stereocenters. The predicted molar refractivity (Wildman–Crippen MR) is 108 cm³/mol. The largest absolute Gasteiger partial charge is 0.467 e. The highest BCUT2D eigenvalue weighted by molar-refractivity contribution is 6.33. The van der Waals surface area contributed by atoms with E-state index in [1.165, 1.54) is 0 Å². The molecule has 2 aromatic heterocycles. The zero-order chi connectivity index (χ0) is 19.0. The third-order valence-electron chi connectivity index (χ3n) is 4.42. The van der Waals surface area contributed by atoms with Gasteiger partial charge in [0.2, 0.25) is 0 Å². The van der Waals surface area contributed by atoms with E-state index in [1.807, 2.05) is 31.2 Å². The molecule has 4 aromatic rings. The molecule has 0 aliphatic carbocycles. The molecule has 4 rings (SSSR count). The quantitative estimate of drug-likeness (QED) is 0.475. The lowest BCUT2D eigenvalue weighted by Crippen LogP contribution is -2.02. The van der Waals surface area contributed by atoms with Crippen LogP contribution in [0, 0.1) is 6.92 Å². The van der Waals surface area contributed by atoms with Crippen molar-refractivity contribution in [2.24, 2.45) is 0 Å². The molecule has 2 aromatic carbocycles. The van der Waals surface area contributed by atoms with Crippen LogP contribution in [0.2, 0.25) is 10.0 Å². The number of benzene rings is 2. The number of fused-ring (bicyclic) bond motifs is 1. The van der Waals surface area contributed by atoms with Gasteiger partial charge in [-0.25, -0.2) is 15.0 Å². The SMILES string of the molecule is COc1ncc(-c2ccc3nc(C)n(Cc4cc(Cl)ccc4Cl)c3c2)cn1. The smallest absolute Gasteiger partial charge is 0.316 e. The fourth-order valence-corrected chi connectivity index (χ4v) is 3.40. The number of ether oxygens (including phenoxy) is 1. The summed E-state index contributed by atoms with van der Waals surface area (Å²) in [5.41, 5.74) is 4.79. The molecule has 0 spiro atoms. The first-order chi connectivity index (χ1) is 13.0. The van der Waals surface area contributed by atoms with Crippen LogP contribution < -0.4 is 4.74 Å². The monoisotopic (exact) mass is 398 g/mol. The van der Waals surface area contributed by atoms with Crippen molar-refractivity contribution >= 4 is 34.2 Å². The lowest BCUT2D eigenvalue weighted by molar-refractivity contribution is 0.380. The Balaban J connectivity index is 1.78. The second-order valence-electron chi connectivity index (χ2n) is 6.14. The molecule has 27 heavy (non-hydrogen) atoms. The summed E-state index contributed by atoms with van der Waals surface area (Å²) in [6.07, 6.45) is 3.49. The summed E-state index contributed by atoms with van der Waals surface area (Å²) in [4.78, 5) is 13.0. The molecule has 0 saturated heterocycles. The molecule has 0 aliphatic rings. The molecule has 0 unspecified atom stereocenters. The third kappa shape index (κ3) is 3.48. The lowest BCUT2D eigenvalue weighted by Gasteiger charge is -2.10. The van der Waals surface area contributed by atoms with Crippen molar-refractivity contribution in [2.45, 2.75) is 13.5 Å². The summed E-state index contributed by atoms with van der Waals surface area (Å²) in [7, 11) is 1.55. The Morgan fingerprint density at radius 2 is 1.78 bits per heavy atom. The Kier molecular flexibility index (Phi) is 4.72. The van der Waals surface area contributed by atoms with Crippen LogP contribution in [0.15, 0.2) is 48.8 Å². The minimum absolute atomic E-state index is 0.344. The number of halogens is 2. The highest BCUT2D eigenvalue weighted by Gasteiger charge is 2.12. The zero-order valence-corrected chi connectivity index (χ0v) is 16.3. The first kappa shape index (κ1) is 17.8. The summed E-state index contributed by atoms with van der Waals surface area (Å²) in [6.45, 7) is 2.57. The van der Waals surface area contributed by atoms with Gasteiger partial charge in [0.25, 0.3) is 0 Å². The van der Waals surface area contributed by atoms with Gasteiger partial charge in [0.15, 0.2) is 0 Å². The van der Waals surface area contributed by atoms with E-state index >= 15 is 0 Å². The van der Waals surface area contributed by atoms with Gasteiger partial charge in [-0.1, -0.05) is 29.3 Å². The second kappa shape index (κ2) is 7.18. The maximum absolute atomic E-state index is 6.35. The molecule has 0 aliphatic heterocycles. The number of hydrogen-bond donors (Lipinski definition) is 0. The van der Waals surface area contributed by atoms with Crippen molar-refractivity contribution in [1.29, 1.82) is 0 Å². The van der Waals surface area contributed by atoms with E-state index in [1.54, 1.807) is 25.6 Å². The van der Waals surface area contributed by atoms with Crippen LogP contribution in [0.25, 0.3) is 22.2 Å². The minimum Gasteiger partial charge on any atom is -0.467 e. The van der Waals surface area contributed by atoms with Gasteiger partial charge < -0.3 is 9.30 Å². The van der Waals surface area contributed by atoms with Crippen molar-refractivity contribution < 1.29 is 4.74 Å². The van der Waals surface area contributed by atoms with E-state index in [-0.39, 0.29) is 0 Å². The molecule has 0 saturated carbocycles. The standard InChI is InChI=1S/C20H16Cl2N4O/c1-12-25-18-6-3-13(15-9-23-20(27-2)24-10-15)8-19(18)26(12)11-14-7-16(21)4-5-17(14)22/h3-10H,11H2,1-2H3. The van der Waals surface area contributed by atoms with Crippen molar-refractivity contribution in [3.63, 3.8) is 0 Å². The maximum atomic E-state index is 6.35. The first-order valence-corrected chi connectivity index (χ1v) is 9.08. The number of imidazole rings is 1. The molecule has 0 fully saturated rings. The molecule has 0 bridgehead atoms. The van der Waals surface area contributed by atoms with Gasteiger partial charge in [0, 0.05) is 28.0 Å². The second-order valence-corrected chi connectivity index (χ2v) is 6.99. The van der Waals surface area contributed by atoms with Crippen LogP contribution in [0.4, 0.5) is 0 Å². The molecule has 0 amide bonds. The normalized spacial score (nSPS) is 11.1. The van der Waals surface area contributed by atoms with Crippen LogP contribution >= 0.6 is 23.2 Å².